The standard InChI is InChI=1S/C19H39NO2/c1-6-7-8-9-10-11-12-13-14-15-16-19(4,18(21)22)20(5)17(2)3/h17H,6-16H2,1-5H3,(H,21,22). The fourth-order valence-electron chi connectivity index (χ4n) is 2.96. The van der Waals surface area contributed by atoms with Crippen molar-refractivity contribution in [1.82, 2.24) is 4.90 Å². The van der Waals surface area contributed by atoms with Crippen molar-refractivity contribution in [3.05, 3.63) is 0 Å². The quantitative estimate of drug-likeness (QED) is 0.432. The number of likely N-dealkylation sites (N-methyl/N-ethyl adjacent to an activating group) is 1. The van der Waals surface area contributed by atoms with E-state index in [1.54, 1.807) is 0 Å². The number of nitrogens with zero attached hydrogens (tertiary/aromatic N) is 1. The molecule has 0 bridgehead atoms. The minimum atomic E-state index is -0.728. The van der Waals surface area contributed by atoms with E-state index in [1.165, 1.54) is 51.4 Å². The summed E-state index contributed by atoms with van der Waals surface area (Å²) in [4.78, 5) is 13.6. The number of carbonyl (C=O) groups is 1. The Labute approximate surface area is 138 Å². The van der Waals surface area contributed by atoms with Crippen molar-refractivity contribution in [3.63, 3.8) is 0 Å². The Morgan fingerprint density at radius 1 is 0.955 bits per heavy atom. The van der Waals surface area contributed by atoms with Crippen molar-refractivity contribution in [3.8, 4) is 0 Å². The minimum absolute atomic E-state index is 0.254. The molecular formula is C19H39NO2. The molecule has 132 valence electrons. The van der Waals surface area contributed by atoms with Crippen LogP contribution in [0.1, 0.15) is 98.3 Å². The zero-order valence-electron chi connectivity index (χ0n) is 15.7. The molecule has 0 aliphatic rings. The summed E-state index contributed by atoms with van der Waals surface area (Å²) in [6.07, 6.45) is 13.6. The van der Waals surface area contributed by atoms with Gasteiger partial charge in [-0.1, -0.05) is 71.1 Å². The molecule has 0 aliphatic heterocycles. The summed E-state index contributed by atoms with van der Waals surface area (Å²) in [5, 5.41) is 9.55. The number of aliphatic carboxylic acids is 1. The zero-order chi connectivity index (χ0) is 17.0. The Hall–Kier alpha value is -0.570. The van der Waals surface area contributed by atoms with E-state index in [4.69, 9.17) is 0 Å². The molecule has 0 spiro atoms. The molecule has 0 rings (SSSR count). The predicted molar refractivity (Wildman–Crippen MR) is 95.4 cm³/mol. The van der Waals surface area contributed by atoms with Gasteiger partial charge in [0, 0.05) is 6.04 Å². The van der Waals surface area contributed by atoms with Gasteiger partial charge in [0.15, 0.2) is 0 Å². The molecule has 0 aromatic rings. The summed E-state index contributed by atoms with van der Waals surface area (Å²) < 4.78 is 0. The Bertz CT molecular complexity index is 291. The SMILES string of the molecule is CCCCCCCCCCCCC(C)(C(=O)O)N(C)C(C)C. The second kappa shape index (κ2) is 11.9. The maximum Gasteiger partial charge on any atom is 0.323 e. The molecule has 0 amide bonds. The van der Waals surface area contributed by atoms with Crippen LogP contribution in [0.2, 0.25) is 0 Å². The van der Waals surface area contributed by atoms with Crippen LogP contribution in [0.5, 0.6) is 0 Å². The molecule has 0 aromatic heterocycles. The van der Waals surface area contributed by atoms with E-state index in [9.17, 15) is 9.90 Å². The molecule has 0 aliphatic carbocycles. The van der Waals surface area contributed by atoms with Gasteiger partial charge in [0.25, 0.3) is 0 Å². The Morgan fingerprint density at radius 2 is 1.36 bits per heavy atom. The number of carboxylic acids is 1. The molecule has 0 fully saturated rings. The van der Waals surface area contributed by atoms with E-state index in [2.05, 4.69) is 20.8 Å². The Morgan fingerprint density at radius 3 is 1.73 bits per heavy atom. The van der Waals surface area contributed by atoms with Crippen LogP contribution in [0.15, 0.2) is 0 Å². The smallest absolute Gasteiger partial charge is 0.323 e. The highest BCUT2D eigenvalue weighted by molar-refractivity contribution is 5.78. The molecule has 1 atom stereocenters. The first-order chi connectivity index (χ1) is 10.4. The lowest BCUT2D eigenvalue weighted by molar-refractivity contribution is -0.151. The van der Waals surface area contributed by atoms with Gasteiger partial charge in [0.05, 0.1) is 0 Å². The monoisotopic (exact) mass is 313 g/mol. The fourth-order valence-corrected chi connectivity index (χ4v) is 2.96. The summed E-state index contributed by atoms with van der Waals surface area (Å²) in [5.41, 5.74) is -0.728. The van der Waals surface area contributed by atoms with E-state index < -0.39 is 11.5 Å². The van der Waals surface area contributed by atoms with Crippen molar-refractivity contribution < 1.29 is 9.90 Å². The van der Waals surface area contributed by atoms with Gasteiger partial charge in [-0.05, 0) is 34.2 Å². The largest absolute Gasteiger partial charge is 0.480 e. The topological polar surface area (TPSA) is 40.5 Å². The van der Waals surface area contributed by atoms with E-state index in [0.717, 1.165) is 19.3 Å². The number of carboxylic acid groups (broad SMARTS) is 1. The van der Waals surface area contributed by atoms with Gasteiger partial charge in [0.1, 0.15) is 5.54 Å². The van der Waals surface area contributed by atoms with E-state index in [-0.39, 0.29) is 6.04 Å². The van der Waals surface area contributed by atoms with Gasteiger partial charge in [-0.15, -0.1) is 0 Å². The van der Waals surface area contributed by atoms with E-state index >= 15 is 0 Å². The second-order valence-corrected chi connectivity index (χ2v) is 7.22. The van der Waals surface area contributed by atoms with E-state index in [0.29, 0.717) is 0 Å². The van der Waals surface area contributed by atoms with Crippen LogP contribution < -0.4 is 0 Å². The number of hydrogen-bond acceptors (Lipinski definition) is 2. The highest BCUT2D eigenvalue weighted by atomic mass is 16.4. The molecule has 3 nitrogen and oxygen atoms in total. The third kappa shape index (κ3) is 8.17. The third-order valence-electron chi connectivity index (χ3n) is 5.03. The normalized spacial score (nSPS) is 14.5. The summed E-state index contributed by atoms with van der Waals surface area (Å²) in [5.74, 6) is -0.695. The number of hydrogen-bond donors (Lipinski definition) is 1. The molecule has 0 radical (unpaired) electrons. The molecule has 0 saturated carbocycles. The summed E-state index contributed by atoms with van der Waals surface area (Å²) in [6.45, 7) is 8.23. The van der Waals surface area contributed by atoms with Crippen molar-refractivity contribution >= 4 is 5.97 Å². The molecular weight excluding hydrogens is 274 g/mol. The molecule has 22 heavy (non-hydrogen) atoms. The first-order valence-electron chi connectivity index (χ1n) is 9.32. The van der Waals surface area contributed by atoms with Crippen molar-refractivity contribution in [1.29, 1.82) is 0 Å². The number of rotatable bonds is 14. The van der Waals surface area contributed by atoms with Crippen LogP contribution in [0, 0.1) is 0 Å². The van der Waals surface area contributed by atoms with Crippen LogP contribution in [0.25, 0.3) is 0 Å². The predicted octanol–water partition coefficient (Wildman–Crippen LogP) is 5.48. The van der Waals surface area contributed by atoms with Gasteiger partial charge in [-0.2, -0.15) is 0 Å². The average Bonchev–Trinajstić information content (AvgIpc) is 2.47. The first-order valence-corrected chi connectivity index (χ1v) is 9.32. The van der Waals surface area contributed by atoms with Crippen LogP contribution >= 0.6 is 0 Å². The van der Waals surface area contributed by atoms with Crippen molar-refractivity contribution in [2.45, 2.75) is 110 Å². The van der Waals surface area contributed by atoms with Crippen molar-refractivity contribution in [2.24, 2.45) is 0 Å². The van der Waals surface area contributed by atoms with Gasteiger partial charge in [-0.25, -0.2) is 0 Å². The Kier molecular flexibility index (Phi) is 11.6. The first kappa shape index (κ1) is 21.4. The summed E-state index contributed by atoms with van der Waals surface area (Å²) in [6, 6.07) is 0.254. The number of unbranched alkanes of at least 4 members (excludes halogenated alkanes) is 9. The molecule has 3 heteroatoms. The molecule has 0 heterocycles. The lowest BCUT2D eigenvalue weighted by atomic mass is 9.91. The van der Waals surface area contributed by atoms with Crippen molar-refractivity contribution in [2.75, 3.05) is 7.05 Å². The highest BCUT2D eigenvalue weighted by Gasteiger charge is 2.37. The zero-order valence-corrected chi connectivity index (χ0v) is 15.7. The van der Waals surface area contributed by atoms with Crippen LogP contribution in [-0.4, -0.2) is 34.6 Å². The maximum absolute atomic E-state index is 11.6. The van der Waals surface area contributed by atoms with Crippen LogP contribution in [0.3, 0.4) is 0 Å². The summed E-state index contributed by atoms with van der Waals surface area (Å²) in [7, 11) is 1.93. The molecule has 1 N–H and O–H groups in total. The maximum atomic E-state index is 11.6. The Balaban J connectivity index is 3.81. The molecule has 0 saturated heterocycles. The van der Waals surface area contributed by atoms with Gasteiger partial charge in [-0.3, -0.25) is 9.69 Å². The van der Waals surface area contributed by atoms with Crippen LogP contribution in [0.4, 0.5) is 0 Å². The van der Waals surface area contributed by atoms with Crippen LogP contribution in [-0.2, 0) is 4.79 Å². The minimum Gasteiger partial charge on any atom is -0.480 e. The van der Waals surface area contributed by atoms with E-state index in [1.807, 2.05) is 18.9 Å². The highest BCUT2D eigenvalue weighted by Crippen LogP contribution is 2.24. The molecule has 1 unspecified atom stereocenters. The lowest BCUT2D eigenvalue weighted by Gasteiger charge is -2.38. The van der Waals surface area contributed by atoms with Gasteiger partial charge < -0.3 is 5.11 Å². The summed E-state index contributed by atoms with van der Waals surface area (Å²) >= 11 is 0. The van der Waals surface area contributed by atoms with Gasteiger partial charge >= 0.3 is 5.97 Å². The third-order valence-corrected chi connectivity index (χ3v) is 5.03. The lowest BCUT2D eigenvalue weighted by Crippen LogP contribution is -2.53. The average molecular weight is 314 g/mol. The fraction of sp³-hybridized carbons (Fsp3) is 0.947. The van der Waals surface area contributed by atoms with Gasteiger partial charge in [0.2, 0.25) is 0 Å². The second-order valence-electron chi connectivity index (χ2n) is 7.22. The molecule has 0 aromatic carbocycles.